The van der Waals surface area contributed by atoms with E-state index in [1.165, 1.54) is 18.6 Å². The van der Waals surface area contributed by atoms with Gasteiger partial charge in [0.15, 0.2) is 5.03 Å². The van der Waals surface area contributed by atoms with Crippen molar-refractivity contribution >= 4 is 31.7 Å². The predicted molar refractivity (Wildman–Crippen MR) is 103 cm³/mol. The quantitative estimate of drug-likeness (QED) is 0.748. The highest BCUT2D eigenvalue weighted by Gasteiger charge is 2.21. The van der Waals surface area contributed by atoms with Crippen LogP contribution >= 0.6 is 15.9 Å². The largest absolute Gasteiger partial charge is 0.352 e. The van der Waals surface area contributed by atoms with Crippen molar-refractivity contribution in [2.24, 2.45) is 0 Å². The fourth-order valence-corrected chi connectivity index (χ4v) is 4.53. The van der Waals surface area contributed by atoms with Crippen LogP contribution in [-0.2, 0) is 21.2 Å². The van der Waals surface area contributed by atoms with Gasteiger partial charge in [0.2, 0.25) is 15.7 Å². The van der Waals surface area contributed by atoms with Gasteiger partial charge in [0.05, 0.1) is 4.90 Å². The van der Waals surface area contributed by atoms with Crippen LogP contribution in [0.3, 0.4) is 0 Å². The lowest BCUT2D eigenvalue weighted by Crippen LogP contribution is -2.40. The normalized spacial score (nSPS) is 15.4. The second kappa shape index (κ2) is 8.35. The van der Waals surface area contributed by atoms with E-state index in [1.807, 2.05) is 0 Å². The number of benzene rings is 1. The molecule has 0 saturated heterocycles. The molecule has 0 unspecified atom stereocenters. The zero-order valence-electron chi connectivity index (χ0n) is 14.6. The number of sulfone groups is 1. The standard InChI is InChI=1S/C18H20BrN3O4S/c19-13-6-8-15(9-7-13)27(25,26)17-10-11-18(24)22(21-17)12-16(23)20-14-4-2-1-3-5-14/h6-11,14H,1-5,12H2,(H,20,23). The first-order valence-electron chi connectivity index (χ1n) is 8.74. The number of halogens is 1. The van der Waals surface area contributed by atoms with Gasteiger partial charge in [0.1, 0.15) is 6.54 Å². The Hall–Kier alpha value is -2.00. The predicted octanol–water partition coefficient (Wildman–Crippen LogP) is 2.29. The van der Waals surface area contributed by atoms with Gasteiger partial charge < -0.3 is 5.32 Å². The first-order chi connectivity index (χ1) is 12.9. The zero-order valence-corrected chi connectivity index (χ0v) is 17.0. The van der Waals surface area contributed by atoms with Crippen molar-refractivity contribution in [3.05, 3.63) is 51.2 Å². The molecule has 0 spiro atoms. The van der Waals surface area contributed by atoms with Crippen molar-refractivity contribution in [2.75, 3.05) is 0 Å². The van der Waals surface area contributed by atoms with Crippen LogP contribution in [-0.4, -0.2) is 30.1 Å². The summed E-state index contributed by atoms with van der Waals surface area (Å²) in [5, 5.41) is 6.55. The number of carbonyl (C=O) groups is 1. The summed E-state index contributed by atoms with van der Waals surface area (Å²) in [7, 11) is -3.88. The maximum Gasteiger partial charge on any atom is 0.267 e. The van der Waals surface area contributed by atoms with Crippen LogP contribution in [0.15, 0.2) is 55.6 Å². The van der Waals surface area contributed by atoms with E-state index in [4.69, 9.17) is 0 Å². The highest BCUT2D eigenvalue weighted by molar-refractivity contribution is 9.10. The van der Waals surface area contributed by atoms with E-state index in [9.17, 15) is 18.0 Å². The molecule has 1 aromatic heterocycles. The molecular formula is C18H20BrN3O4S. The minimum absolute atomic E-state index is 0.0649. The molecular weight excluding hydrogens is 434 g/mol. The molecule has 1 heterocycles. The summed E-state index contributed by atoms with van der Waals surface area (Å²) in [6.07, 6.45) is 5.16. The van der Waals surface area contributed by atoms with Crippen molar-refractivity contribution in [1.29, 1.82) is 0 Å². The van der Waals surface area contributed by atoms with E-state index in [0.29, 0.717) is 0 Å². The number of carbonyl (C=O) groups excluding carboxylic acids is 1. The summed E-state index contributed by atoms with van der Waals surface area (Å²) in [5.41, 5.74) is -0.524. The Balaban J connectivity index is 1.80. The van der Waals surface area contributed by atoms with Crippen LogP contribution < -0.4 is 10.9 Å². The van der Waals surface area contributed by atoms with Gasteiger partial charge in [0.25, 0.3) is 5.56 Å². The Kier molecular flexibility index (Phi) is 6.11. The highest BCUT2D eigenvalue weighted by atomic mass is 79.9. The van der Waals surface area contributed by atoms with Crippen LogP contribution in [0, 0.1) is 0 Å². The number of amides is 1. The van der Waals surface area contributed by atoms with Gasteiger partial charge in [-0.1, -0.05) is 35.2 Å². The van der Waals surface area contributed by atoms with E-state index in [-0.39, 0.29) is 28.4 Å². The van der Waals surface area contributed by atoms with Crippen LogP contribution in [0.4, 0.5) is 0 Å². The molecule has 0 radical (unpaired) electrons. The summed E-state index contributed by atoms with van der Waals surface area (Å²) >= 11 is 3.26. The van der Waals surface area contributed by atoms with Gasteiger partial charge in [-0.2, -0.15) is 5.10 Å². The molecule has 9 heteroatoms. The maximum absolute atomic E-state index is 12.7. The van der Waals surface area contributed by atoms with E-state index in [1.54, 1.807) is 12.1 Å². The molecule has 1 fully saturated rings. The average molecular weight is 454 g/mol. The second-order valence-electron chi connectivity index (χ2n) is 6.53. The van der Waals surface area contributed by atoms with Gasteiger partial charge in [0, 0.05) is 16.6 Å². The SMILES string of the molecule is O=C(Cn1nc(S(=O)(=O)c2ccc(Br)cc2)ccc1=O)NC1CCCCC1. The third kappa shape index (κ3) is 4.84. The molecule has 27 heavy (non-hydrogen) atoms. The van der Waals surface area contributed by atoms with Crippen LogP contribution in [0.25, 0.3) is 0 Å². The summed E-state index contributed by atoms with van der Waals surface area (Å²) in [6.45, 7) is -0.307. The van der Waals surface area contributed by atoms with E-state index < -0.39 is 15.4 Å². The number of hydrogen-bond donors (Lipinski definition) is 1. The van der Waals surface area contributed by atoms with Crippen molar-refractivity contribution in [3.8, 4) is 0 Å². The Morgan fingerprint density at radius 2 is 1.78 bits per heavy atom. The van der Waals surface area contributed by atoms with Crippen molar-refractivity contribution in [1.82, 2.24) is 15.1 Å². The fraction of sp³-hybridized carbons (Fsp3) is 0.389. The van der Waals surface area contributed by atoms with Gasteiger partial charge in [-0.15, -0.1) is 0 Å². The molecule has 1 N–H and O–H groups in total. The monoisotopic (exact) mass is 453 g/mol. The van der Waals surface area contributed by atoms with Gasteiger partial charge >= 0.3 is 0 Å². The van der Waals surface area contributed by atoms with Crippen molar-refractivity contribution in [2.45, 2.75) is 54.6 Å². The van der Waals surface area contributed by atoms with Crippen molar-refractivity contribution < 1.29 is 13.2 Å². The molecule has 1 saturated carbocycles. The Morgan fingerprint density at radius 3 is 2.44 bits per heavy atom. The molecule has 1 amide bonds. The summed E-state index contributed by atoms with van der Waals surface area (Å²) in [5.74, 6) is -0.338. The molecule has 144 valence electrons. The number of hydrogen-bond acceptors (Lipinski definition) is 5. The molecule has 3 rings (SSSR count). The first kappa shape index (κ1) is 19.8. The van der Waals surface area contributed by atoms with Gasteiger partial charge in [-0.3, -0.25) is 9.59 Å². The molecule has 7 nitrogen and oxygen atoms in total. The smallest absolute Gasteiger partial charge is 0.267 e. The molecule has 2 aromatic rings. The summed E-state index contributed by atoms with van der Waals surface area (Å²) in [6, 6.07) is 8.51. The Labute approximate surface area is 165 Å². The molecule has 0 atom stereocenters. The number of rotatable bonds is 5. The van der Waals surface area contributed by atoms with Crippen LogP contribution in [0.5, 0.6) is 0 Å². The van der Waals surface area contributed by atoms with E-state index >= 15 is 0 Å². The second-order valence-corrected chi connectivity index (χ2v) is 9.34. The Morgan fingerprint density at radius 1 is 1.11 bits per heavy atom. The average Bonchev–Trinajstić information content (AvgIpc) is 2.64. The third-order valence-corrected chi connectivity index (χ3v) is 6.69. The molecule has 1 aromatic carbocycles. The van der Waals surface area contributed by atoms with Gasteiger partial charge in [-0.25, -0.2) is 13.1 Å². The third-order valence-electron chi connectivity index (χ3n) is 4.51. The molecule has 1 aliphatic rings. The van der Waals surface area contributed by atoms with Crippen LogP contribution in [0.2, 0.25) is 0 Å². The van der Waals surface area contributed by atoms with Gasteiger partial charge in [-0.05, 0) is 43.2 Å². The molecule has 0 aliphatic heterocycles. The summed E-state index contributed by atoms with van der Waals surface area (Å²) in [4.78, 5) is 24.3. The topological polar surface area (TPSA) is 98.1 Å². The summed E-state index contributed by atoms with van der Waals surface area (Å²) < 4.78 is 27.1. The minimum Gasteiger partial charge on any atom is -0.352 e. The molecule has 0 bridgehead atoms. The Bertz CT molecular complexity index is 980. The minimum atomic E-state index is -3.88. The van der Waals surface area contributed by atoms with Crippen molar-refractivity contribution in [3.63, 3.8) is 0 Å². The van der Waals surface area contributed by atoms with E-state index in [2.05, 4.69) is 26.3 Å². The molecule has 1 aliphatic carbocycles. The lowest BCUT2D eigenvalue weighted by molar-refractivity contribution is -0.122. The highest BCUT2D eigenvalue weighted by Crippen LogP contribution is 2.20. The zero-order chi connectivity index (χ0) is 19.4. The van der Waals surface area contributed by atoms with E-state index in [0.717, 1.165) is 47.0 Å². The van der Waals surface area contributed by atoms with Crippen LogP contribution in [0.1, 0.15) is 32.1 Å². The first-order valence-corrected chi connectivity index (χ1v) is 11.0. The fourth-order valence-electron chi connectivity index (χ4n) is 3.08. The number of aromatic nitrogens is 2. The lowest BCUT2D eigenvalue weighted by atomic mass is 9.95. The maximum atomic E-state index is 12.7. The number of nitrogens with one attached hydrogen (secondary N) is 1. The number of nitrogens with zero attached hydrogens (tertiary/aromatic N) is 2. The lowest BCUT2D eigenvalue weighted by Gasteiger charge is -2.22.